The van der Waals surface area contributed by atoms with E-state index in [0.29, 0.717) is 10.7 Å². The van der Waals surface area contributed by atoms with Crippen LogP contribution in [0.5, 0.6) is 0 Å². The van der Waals surface area contributed by atoms with Crippen molar-refractivity contribution in [2.24, 2.45) is 0 Å². The summed E-state index contributed by atoms with van der Waals surface area (Å²) in [7, 11) is -0.395. The van der Waals surface area contributed by atoms with Gasteiger partial charge in [0.2, 0.25) is 5.91 Å². The van der Waals surface area contributed by atoms with E-state index in [0.717, 1.165) is 0 Å². The summed E-state index contributed by atoms with van der Waals surface area (Å²) in [5, 5.41) is 9.34. The first kappa shape index (κ1) is 12.0. The highest BCUT2D eigenvalue weighted by molar-refractivity contribution is 8.24. The zero-order valence-electron chi connectivity index (χ0n) is 9.01. The van der Waals surface area contributed by atoms with Gasteiger partial charge in [-0.15, -0.1) is 0 Å². The number of anilines is 1. The van der Waals surface area contributed by atoms with Crippen LogP contribution in [0.4, 0.5) is 5.69 Å². The van der Waals surface area contributed by atoms with Gasteiger partial charge in [-0.3, -0.25) is 4.79 Å². The number of hydrogen-bond donors (Lipinski definition) is 2. The first-order chi connectivity index (χ1) is 8.25. The molecule has 17 heavy (non-hydrogen) atoms. The Morgan fingerprint density at radius 3 is 2.65 bits per heavy atom. The van der Waals surface area contributed by atoms with Gasteiger partial charge in [-0.1, -0.05) is 35.9 Å². The SMILES string of the molecule is O=C(C=C[SH]1C=CC=C1)Nc1ccccc1Cl. The average molecular weight is 266 g/mol. The molecule has 0 radical (unpaired) electrons. The Kier molecular flexibility index (Phi) is 4.07. The molecular weight excluding hydrogens is 254 g/mol. The Bertz CT molecular complexity index is 496. The van der Waals surface area contributed by atoms with Crippen LogP contribution in [0.15, 0.2) is 58.7 Å². The number of nitrogens with one attached hydrogen (secondary N) is 1. The molecular formula is C13H12ClNOS. The van der Waals surface area contributed by atoms with Crippen molar-refractivity contribution in [3.63, 3.8) is 0 Å². The summed E-state index contributed by atoms with van der Waals surface area (Å²) >= 11 is 5.94. The van der Waals surface area contributed by atoms with Crippen LogP contribution in [0.1, 0.15) is 0 Å². The molecule has 88 valence electrons. The normalized spacial score (nSPS) is 15.7. The van der Waals surface area contributed by atoms with E-state index in [1.165, 1.54) is 0 Å². The second-order valence-corrected chi connectivity index (χ2v) is 5.61. The second-order valence-electron chi connectivity index (χ2n) is 3.42. The van der Waals surface area contributed by atoms with Gasteiger partial charge in [0.15, 0.2) is 0 Å². The van der Waals surface area contributed by atoms with Crippen LogP contribution < -0.4 is 5.32 Å². The van der Waals surface area contributed by atoms with Crippen LogP contribution in [0.25, 0.3) is 0 Å². The average Bonchev–Trinajstić information content (AvgIpc) is 2.82. The Hall–Kier alpha value is -1.45. The highest BCUT2D eigenvalue weighted by Gasteiger charge is 2.02. The lowest BCUT2D eigenvalue weighted by atomic mass is 10.3. The summed E-state index contributed by atoms with van der Waals surface area (Å²) in [6.45, 7) is 0. The van der Waals surface area contributed by atoms with Gasteiger partial charge in [0.1, 0.15) is 0 Å². The lowest BCUT2D eigenvalue weighted by Gasteiger charge is -2.05. The molecule has 4 heteroatoms. The zero-order valence-corrected chi connectivity index (χ0v) is 10.7. The third-order valence-corrected chi connectivity index (χ3v) is 4.01. The van der Waals surface area contributed by atoms with E-state index in [9.17, 15) is 4.79 Å². The fourth-order valence-electron chi connectivity index (χ4n) is 1.34. The molecule has 1 aromatic rings. The number of amides is 1. The summed E-state index contributed by atoms with van der Waals surface area (Å²) in [5.41, 5.74) is 0.633. The number of carbonyl (C=O) groups is 1. The maximum absolute atomic E-state index is 11.6. The molecule has 1 heterocycles. The summed E-state index contributed by atoms with van der Waals surface area (Å²) in [4.78, 5) is 11.6. The molecule has 2 nitrogen and oxygen atoms in total. The summed E-state index contributed by atoms with van der Waals surface area (Å²) < 4.78 is 0. The van der Waals surface area contributed by atoms with Crippen LogP contribution in [0.2, 0.25) is 5.02 Å². The number of hydrogen-bond acceptors (Lipinski definition) is 1. The minimum atomic E-state index is -0.395. The highest BCUT2D eigenvalue weighted by Crippen LogP contribution is 2.33. The summed E-state index contributed by atoms with van der Waals surface area (Å²) in [6.07, 6.45) is 5.53. The molecule has 0 aromatic heterocycles. The van der Waals surface area contributed by atoms with E-state index in [1.54, 1.807) is 18.2 Å². The van der Waals surface area contributed by atoms with Gasteiger partial charge in [-0.05, 0) is 28.4 Å². The van der Waals surface area contributed by atoms with E-state index < -0.39 is 10.9 Å². The maximum atomic E-state index is 11.6. The zero-order chi connectivity index (χ0) is 12.1. The molecule has 2 rings (SSSR count). The van der Waals surface area contributed by atoms with Crippen molar-refractivity contribution in [3.8, 4) is 0 Å². The van der Waals surface area contributed by atoms with E-state index in [2.05, 4.69) is 16.1 Å². The van der Waals surface area contributed by atoms with Crippen LogP contribution in [0.3, 0.4) is 0 Å². The van der Waals surface area contributed by atoms with E-state index in [-0.39, 0.29) is 5.91 Å². The largest absolute Gasteiger partial charge is 0.321 e. The maximum Gasteiger partial charge on any atom is 0.248 e. The lowest BCUT2D eigenvalue weighted by Crippen LogP contribution is -2.07. The third-order valence-electron chi connectivity index (χ3n) is 2.16. The van der Waals surface area contributed by atoms with Gasteiger partial charge in [0.05, 0.1) is 10.7 Å². The van der Waals surface area contributed by atoms with Crippen LogP contribution >= 0.6 is 22.5 Å². The summed E-state index contributed by atoms with van der Waals surface area (Å²) in [5.74, 6) is -0.158. The Morgan fingerprint density at radius 1 is 1.24 bits per heavy atom. The molecule has 1 N–H and O–H groups in total. The molecule has 0 unspecified atom stereocenters. The fraction of sp³-hybridized carbons (Fsp3) is 0. The molecule has 1 aliphatic rings. The quantitative estimate of drug-likeness (QED) is 0.631. The van der Waals surface area contributed by atoms with Gasteiger partial charge in [0.25, 0.3) is 0 Å². The van der Waals surface area contributed by atoms with Crippen molar-refractivity contribution in [3.05, 3.63) is 63.7 Å². The number of allylic oxidation sites excluding steroid dienone is 2. The fourth-order valence-corrected chi connectivity index (χ4v) is 2.72. The van der Waals surface area contributed by atoms with E-state index in [1.807, 2.05) is 29.7 Å². The number of rotatable bonds is 3. The third kappa shape index (κ3) is 3.51. The van der Waals surface area contributed by atoms with Crippen LogP contribution in [0, 0.1) is 0 Å². The minimum absolute atomic E-state index is 0.158. The van der Waals surface area contributed by atoms with Crippen molar-refractivity contribution in [1.82, 2.24) is 0 Å². The predicted octanol–water partition coefficient (Wildman–Crippen LogP) is 3.83. The number of carbonyl (C=O) groups excluding carboxylic acids is 1. The molecule has 0 saturated carbocycles. The number of para-hydroxylation sites is 1. The Labute approximate surface area is 108 Å². The van der Waals surface area contributed by atoms with Gasteiger partial charge in [-0.25, -0.2) is 0 Å². The Balaban J connectivity index is 1.95. The number of halogens is 1. The molecule has 1 aliphatic heterocycles. The highest BCUT2D eigenvalue weighted by atomic mass is 35.5. The predicted molar refractivity (Wildman–Crippen MR) is 76.5 cm³/mol. The number of thiol groups is 1. The second kappa shape index (κ2) is 5.75. The molecule has 0 bridgehead atoms. The first-order valence-electron chi connectivity index (χ1n) is 5.12. The van der Waals surface area contributed by atoms with Gasteiger partial charge in [-0.2, -0.15) is 10.9 Å². The van der Waals surface area contributed by atoms with Crippen molar-refractivity contribution < 1.29 is 4.79 Å². The molecule has 0 saturated heterocycles. The standard InChI is InChI=1S/C13H12ClNOS/c14-11-5-1-2-6-12(11)15-13(16)7-10-17-8-3-4-9-17/h1-10,17H,(H,15,16). The molecule has 0 spiro atoms. The molecule has 1 aromatic carbocycles. The minimum Gasteiger partial charge on any atom is -0.321 e. The molecule has 0 aliphatic carbocycles. The monoisotopic (exact) mass is 265 g/mol. The van der Waals surface area contributed by atoms with E-state index in [4.69, 9.17) is 11.6 Å². The number of benzene rings is 1. The van der Waals surface area contributed by atoms with Gasteiger partial charge in [0, 0.05) is 6.08 Å². The molecule has 0 atom stereocenters. The van der Waals surface area contributed by atoms with Gasteiger partial charge < -0.3 is 5.32 Å². The van der Waals surface area contributed by atoms with Crippen molar-refractivity contribution in [2.75, 3.05) is 5.32 Å². The van der Waals surface area contributed by atoms with Crippen LogP contribution in [-0.4, -0.2) is 5.91 Å². The van der Waals surface area contributed by atoms with Crippen LogP contribution in [-0.2, 0) is 4.79 Å². The van der Waals surface area contributed by atoms with E-state index >= 15 is 0 Å². The lowest BCUT2D eigenvalue weighted by molar-refractivity contribution is -0.111. The van der Waals surface area contributed by atoms with Gasteiger partial charge >= 0.3 is 0 Å². The Morgan fingerprint density at radius 2 is 1.94 bits per heavy atom. The molecule has 1 amide bonds. The van der Waals surface area contributed by atoms with Crippen molar-refractivity contribution >= 4 is 34.1 Å². The van der Waals surface area contributed by atoms with Crippen molar-refractivity contribution in [2.45, 2.75) is 0 Å². The van der Waals surface area contributed by atoms with Crippen molar-refractivity contribution in [1.29, 1.82) is 0 Å². The summed E-state index contributed by atoms with van der Waals surface area (Å²) in [6, 6.07) is 7.17. The topological polar surface area (TPSA) is 29.1 Å². The smallest absolute Gasteiger partial charge is 0.248 e. The molecule has 0 fully saturated rings. The first-order valence-corrected chi connectivity index (χ1v) is 7.04.